The van der Waals surface area contributed by atoms with Crippen LogP contribution in [0.4, 0.5) is 0 Å². The molecule has 20 heavy (non-hydrogen) atoms. The third-order valence-electron chi connectivity index (χ3n) is 3.56. The van der Waals surface area contributed by atoms with Gasteiger partial charge in [0.25, 0.3) is 0 Å². The van der Waals surface area contributed by atoms with Crippen LogP contribution in [0.2, 0.25) is 0 Å². The van der Waals surface area contributed by atoms with E-state index in [9.17, 15) is 13.2 Å². The summed E-state index contributed by atoms with van der Waals surface area (Å²) in [6, 6.07) is 5.21. The van der Waals surface area contributed by atoms with Crippen LogP contribution in [0.1, 0.15) is 25.0 Å². The zero-order valence-electron chi connectivity index (χ0n) is 12.2. The molecule has 1 aliphatic rings. The Hall–Kier alpha value is -1.40. The zero-order valence-corrected chi connectivity index (χ0v) is 13.0. The lowest BCUT2D eigenvalue weighted by atomic mass is 10.0. The van der Waals surface area contributed by atoms with Crippen LogP contribution in [0, 0.1) is 13.8 Å². The highest BCUT2D eigenvalue weighted by Crippen LogP contribution is 2.27. The van der Waals surface area contributed by atoms with E-state index in [2.05, 4.69) is 5.32 Å². The monoisotopic (exact) mass is 296 g/mol. The SMILES string of the molecule is Cc1cc(C)cc(S(=O)(=O)N2CCNC(=O)C2(C)C)c1. The second-order valence-electron chi connectivity index (χ2n) is 5.72. The van der Waals surface area contributed by atoms with Gasteiger partial charge in [-0.05, 0) is 51.0 Å². The Morgan fingerprint density at radius 2 is 1.70 bits per heavy atom. The first kappa shape index (κ1) is 15.0. The van der Waals surface area contributed by atoms with E-state index in [1.165, 1.54) is 4.31 Å². The quantitative estimate of drug-likeness (QED) is 0.892. The summed E-state index contributed by atoms with van der Waals surface area (Å²) in [5.41, 5.74) is 0.708. The average molecular weight is 296 g/mol. The van der Waals surface area contributed by atoms with Crippen molar-refractivity contribution in [2.45, 2.75) is 38.1 Å². The van der Waals surface area contributed by atoms with E-state index in [1.807, 2.05) is 19.9 Å². The van der Waals surface area contributed by atoms with E-state index in [0.717, 1.165) is 11.1 Å². The number of nitrogens with one attached hydrogen (secondary N) is 1. The van der Waals surface area contributed by atoms with Crippen molar-refractivity contribution in [2.75, 3.05) is 13.1 Å². The highest BCUT2D eigenvalue weighted by atomic mass is 32.2. The standard InChI is InChI=1S/C14H20N2O3S/c1-10-7-11(2)9-12(8-10)20(18,19)16-6-5-15-13(17)14(16,3)4/h7-9H,5-6H2,1-4H3,(H,15,17). The van der Waals surface area contributed by atoms with Crippen LogP contribution in [0.15, 0.2) is 23.1 Å². The lowest BCUT2D eigenvalue weighted by Crippen LogP contribution is -2.63. The number of carbonyl (C=O) groups is 1. The fraction of sp³-hybridized carbons (Fsp3) is 0.500. The first-order chi connectivity index (χ1) is 9.15. The van der Waals surface area contributed by atoms with E-state index in [4.69, 9.17) is 0 Å². The first-order valence-corrected chi connectivity index (χ1v) is 7.99. The van der Waals surface area contributed by atoms with Gasteiger partial charge in [-0.25, -0.2) is 8.42 Å². The van der Waals surface area contributed by atoms with Gasteiger partial charge in [-0.2, -0.15) is 4.31 Å². The Morgan fingerprint density at radius 1 is 1.15 bits per heavy atom. The van der Waals surface area contributed by atoms with Crippen molar-refractivity contribution in [3.8, 4) is 0 Å². The van der Waals surface area contributed by atoms with Gasteiger partial charge >= 0.3 is 0 Å². The molecule has 0 radical (unpaired) electrons. The van der Waals surface area contributed by atoms with Crippen molar-refractivity contribution in [2.24, 2.45) is 0 Å². The van der Waals surface area contributed by atoms with Crippen molar-refractivity contribution in [1.29, 1.82) is 0 Å². The molecule has 0 saturated carbocycles. The van der Waals surface area contributed by atoms with Crippen molar-refractivity contribution < 1.29 is 13.2 Å². The Bertz CT molecular complexity index is 630. The molecule has 0 aromatic heterocycles. The number of piperazine rings is 1. The minimum Gasteiger partial charge on any atom is -0.353 e. The molecule has 1 aliphatic heterocycles. The number of carbonyl (C=O) groups excluding carboxylic acids is 1. The van der Waals surface area contributed by atoms with Gasteiger partial charge in [0, 0.05) is 13.1 Å². The number of hydrogen-bond donors (Lipinski definition) is 1. The number of rotatable bonds is 2. The molecule has 1 fully saturated rings. The molecule has 1 amide bonds. The molecule has 110 valence electrons. The number of amides is 1. The van der Waals surface area contributed by atoms with E-state index >= 15 is 0 Å². The maximum atomic E-state index is 12.8. The summed E-state index contributed by atoms with van der Waals surface area (Å²) >= 11 is 0. The van der Waals surface area contributed by atoms with Crippen molar-refractivity contribution >= 4 is 15.9 Å². The Balaban J connectivity index is 2.51. The number of sulfonamides is 1. The number of aryl methyl sites for hydroxylation is 2. The van der Waals surface area contributed by atoms with Crippen LogP contribution in [0.3, 0.4) is 0 Å². The Morgan fingerprint density at radius 3 is 2.25 bits per heavy atom. The summed E-state index contributed by atoms with van der Waals surface area (Å²) in [5.74, 6) is -0.267. The third kappa shape index (κ3) is 2.45. The topological polar surface area (TPSA) is 66.5 Å². The maximum Gasteiger partial charge on any atom is 0.244 e. The predicted molar refractivity (Wildman–Crippen MR) is 76.9 cm³/mol. The van der Waals surface area contributed by atoms with Gasteiger partial charge in [0.1, 0.15) is 5.54 Å². The maximum absolute atomic E-state index is 12.8. The molecule has 5 nitrogen and oxygen atoms in total. The van der Waals surface area contributed by atoms with E-state index in [0.29, 0.717) is 6.54 Å². The van der Waals surface area contributed by atoms with Gasteiger partial charge in [-0.3, -0.25) is 4.79 Å². The second-order valence-corrected chi connectivity index (χ2v) is 7.58. The van der Waals surface area contributed by atoms with Gasteiger partial charge in [0.05, 0.1) is 4.90 Å². The lowest BCUT2D eigenvalue weighted by Gasteiger charge is -2.39. The summed E-state index contributed by atoms with van der Waals surface area (Å²) < 4.78 is 26.9. The highest BCUT2D eigenvalue weighted by Gasteiger charge is 2.44. The summed E-state index contributed by atoms with van der Waals surface area (Å²) in [6.45, 7) is 7.60. The highest BCUT2D eigenvalue weighted by molar-refractivity contribution is 7.89. The van der Waals surface area contributed by atoms with Crippen LogP contribution in [-0.2, 0) is 14.8 Å². The van der Waals surface area contributed by atoms with Crippen molar-refractivity contribution in [3.63, 3.8) is 0 Å². The molecular formula is C14H20N2O3S. The third-order valence-corrected chi connectivity index (χ3v) is 5.61. The molecule has 0 spiro atoms. The molecule has 1 N–H and O–H groups in total. The van der Waals surface area contributed by atoms with Crippen LogP contribution in [-0.4, -0.2) is 37.3 Å². The van der Waals surface area contributed by atoms with Gasteiger partial charge < -0.3 is 5.32 Å². The lowest BCUT2D eigenvalue weighted by molar-refractivity contribution is -0.131. The first-order valence-electron chi connectivity index (χ1n) is 6.55. The smallest absolute Gasteiger partial charge is 0.244 e. The van der Waals surface area contributed by atoms with E-state index in [-0.39, 0.29) is 17.3 Å². The molecular weight excluding hydrogens is 276 g/mol. The number of benzene rings is 1. The fourth-order valence-corrected chi connectivity index (χ4v) is 4.45. The van der Waals surface area contributed by atoms with Gasteiger partial charge in [0.2, 0.25) is 15.9 Å². The van der Waals surface area contributed by atoms with E-state index < -0.39 is 15.6 Å². The molecule has 1 heterocycles. The molecule has 0 aliphatic carbocycles. The molecule has 0 unspecified atom stereocenters. The summed E-state index contributed by atoms with van der Waals surface area (Å²) in [7, 11) is -3.68. The second kappa shape index (κ2) is 4.86. The van der Waals surface area contributed by atoms with Crippen LogP contribution in [0.25, 0.3) is 0 Å². The molecule has 1 saturated heterocycles. The van der Waals surface area contributed by atoms with Gasteiger partial charge in [-0.1, -0.05) is 6.07 Å². The molecule has 0 atom stereocenters. The summed E-state index contributed by atoms with van der Waals surface area (Å²) in [4.78, 5) is 12.2. The Kier molecular flexibility index (Phi) is 3.64. The van der Waals surface area contributed by atoms with Crippen molar-refractivity contribution in [3.05, 3.63) is 29.3 Å². The normalized spacial score (nSPS) is 19.7. The Labute approximate surface area is 120 Å². The molecule has 2 rings (SSSR count). The van der Waals surface area contributed by atoms with Crippen LogP contribution in [0.5, 0.6) is 0 Å². The van der Waals surface area contributed by atoms with Crippen LogP contribution < -0.4 is 5.32 Å². The summed E-state index contributed by atoms with van der Waals surface area (Å²) in [5, 5.41) is 2.70. The van der Waals surface area contributed by atoms with Crippen LogP contribution >= 0.6 is 0 Å². The largest absolute Gasteiger partial charge is 0.353 e. The molecule has 1 aromatic rings. The average Bonchev–Trinajstić information content (AvgIpc) is 2.31. The molecule has 6 heteroatoms. The minimum atomic E-state index is -3.68. The van der Waals surface area contributed by atoms with E-state index in [1.54, 1.807) is 26.0 Å². The van der Waals surface area contributed by atoms with Gasteiger partial charge in [0.15, 0.2) is 0 Å². The van der Waals surface area contributed by atoms with Gasteiger partial charge in [-0.15, -0.1) is 0 Å². The molecule has 0 bridgehead atoms. The minimum absolute atomic E-state index is 0.248. The van der Waals surface area contributed by atoms with Crippen molar-refractivity contribution in [1.82, 2.24) is 9.62 Å². The predicted octanol–water partition coefficient (Wildman–Crippen LogP) is 1.20. The number of hydrogen-bond acceptors (Lipinski definition) is 3. The summed E-state index contributed by atoms with van der Waals surface area (Å²) in [6.07, 6.45) is 0. The number of nitrogens with zero attached hydrogens (tertiary/aromatic N) is 1. The zero-order chi connectivity index (χ0) is 15.1. The fourth-order valence-electron chi connectivity index (χ4n) is 2.51. The molecule has 1 aromatic carbocycles.